The van der Waals surface area contributed by atoms with Crippen molar-refractivity contribution in [2.24, 2.45) is 0 Å². The minimum absolute atomic E-state index is 0.640. The van der Waals surface area contributed by atoms with Crippen molar-refractivity contribution in [3.8, 4) is 0 Å². The van der Waals surface area contributed by atoms with Gasteiger partial charge in [0.05, 0.1) is 7.11 Å². The summed E-state index contributed by atoms with van der Waals surface area (Å²) in [5.41, 5.74) is 0. The summed E-state index contributed by atoms with van der Waals surface area (Å²) in [7, 11) is 1.06. The summed E-state index contributed by atoms with van der Waals surface area (Å²) in [5.74, 6) is -6.63. The molecule has 0 fully saturated rings. The van der Waals surface area contributed by atoms with Crippen molar-refractivity contribution in [1.82, 2.24) is 5.32 Å². The molecule has 0 aromatic carbocycles. The molecule has 0 aromatic rings. The summed E-state index contributed by atoms with van der Waals surface area (Å²) in [6, 6.07) is 0. The van der Waals surface area contributed by atoms with E-state index in [9.17, 15) is 33.6 Å². The number of methoxy groups -OCH3 is 1. The zero-order valence-corrected chi connectivity index (χ0v) is 19.0. The Morgan fingerprint density at radius 3 is 1.58 bits per heavy atom. The third-order valence-corrected chi connectivity index (χ3v) is 3.55. The highest BCUT2D eigenvalue weighted by Gasteiger charge is 2.46. The van der Waals surface area contributed by atoms with Gasteiger partial charge in [-0.25, -0.2) is 0 Å². The Labute approximate surface area is 189 Å². The van der Waals surface area contributed by atoms with Gasteiger partial charge in [0.1, 0.15) is 13.2 Å². The molecule has 0 aliphatic carbocycles. The Balaban J connectivity index is 6.39. The average molecular weight is 477 g/mol. The van der Waals surface area contributed by atoms with Crippen LogP contribution in [-0.2, 0) is 62.0 Å². The molecule has 0 unspecified atom stereocenters. The first-order valence-corrected chi connectivity index (χ1v) is 9.45. The van der Waals surface area contributed by atoms with Crippen LogP contribution in [0.5, 0.6) is 0 Å². The summed E-state index contributed by atoms with van der Waals surface area (Å²) in [6.45, 7) is 3.60. The van der Waals surface area contributed by atoms with Gasteiger partial charge in [-0.15, -0.1) is 0 Å². The molecular formula is C19H27NO13. The van der Waals surface area contributed by atoms with Crippen LogP contribution in [0.2, 0.25) is 0 Å². The quantitative estimate of drug-likeness (QED) is 0.255. The first-order chi connectivity index (χ1) is 15.3. The van der Waals surface area contributed by atoms with Gasteiger partial charge in [-0.1, -0.05) is 0 Å². The maximum Gasteiger partial charge on any atom is 0.325 e. The fourth-order valence-electron chi connectivity index (χ4n) is 2.43. The van der Waals surface area contributed by atoms with Crippen molar-refractivity contribution in [1.29, 1.82) is 0 Å². The molecule has 0 rings (SSSR count). The summed E-state index contributed by atoms with van der Waals surface area (Å²) in [5, 5.41) is 2.12. The first kappa shape index (κ1) is 29.3. The van der Waals surface area contributed by atoms with Crippen LogP contribution < -0.4 is 5.32 Å². The number of esters is 6. The third-order valence-electron chi connectivity index (χ3n) is 3.55. The molecule has 0 aliphatic heterocycles. The van der Waals surface area contributed by atoms with E-state index < -0.39 is 79.3 Å². The minimum Gasteiger partial charge on any atom is -0.468 e. The van der Waals surface area contributed by atoms with Gasteiger partial charge in [0.2, 0.25) is 6.10 Å². The normalized spacial score (nSPS) is 13.8. The Bertz CT molecular complexity index is 763. The summed E-state index contributed by atoms with van der Waals surface area (Å²) >= 11 is 0. The Kier molecular flexibility index (Phi) is 12.8. The number of carbonyl (C=O) groups excluding carboxylic acids is 7. The number of ether oxygens (including phenoxy) is 6. The number of hydrogen-bond acceptors (Lipinski definition) is 13. The summed E-state index contributed by atoms with van der Waals surface area (Å²) < 4.78 is 29.4. The van der Waals surface area contributed by atoms with Crippen molar-refractivity contribution in [3.63, 3.8) is 0 Å². The first-order valence-electron chi connectivity index (χ1n) is 9.45. The molecule has 186 valence electrons. The Morgan fingerprint density at radius 2 is 1.15 bits per heavy atom. The Hall–Kier alpha value is -3.71. The molecule has 1 N–H and O–H groups in total. The van der Waals surface area contributed by atoms with Crippen LogP contribution in [0.1, 0.15) is 34.6 Å². The number of hydrogen-bond donors (Lipinski definition) is 1. The standard InChI is InChI=1S/C19H27NO13/c1-9(21)29-8-14(30-10(2)22)16(31-11(3)23)17(32-12(4)24)18(33-13(5)25)19(27)20-7-15(26)28-6/h14,16-18H,7-8H2,1-6H3,(H,20,27)/t14-,16+,17+,18-/m1/s1. The van der Waals surface area contributed by atoms with Gasteiger partial charge in [-0.2, -0.15) is 0 Å². The third kappa shape index (κ3) is 12.0. The molecule has 4 atom stereocenters. The number of amides is 1. The number of rotatable bonds is 12. The van der Waals surface area contributed by atoms with E-state index in [2.05, 4.69) is 10.1 Å². The van der Waals surface area contributed by atoms with Crippen LogP contribution in [0.4, 0.5) is 0 Å². The van der Waals surface area contributed by atoms with Gasteiger partial charge in [-0.3, -0.25) is 33.6 Å². The lowest BCUT2D eigenvalue weighted by Crippen LogP contribution is -2.57. The van der Waals surface area contributed by atoms with Gasteiger partial charge in [0, 0.05) is 34.6 Å². The van der Waals surface area contributed by atoms with Crippen molar-refractivity contribution in [2.45, 2.75) is 59.0 Å². The SMILES string of the molecule is COC(=O)CNC(=O)[C@H](OC(C)=O)[C@@H](OC(C)=O)[C@@H](OC(C)=O)[C@@H](COC(C)=O)OC(C)=O. The fourth-order valence-corrected chi connectivity index (χ4v) is 2.43. The van der Waals surface area contributed by atoms with Crippen LogP contribution in [-0.4, -0.2) is 86.4 Å². The molecule has 33 heavy (non-hydrogen) atoms. The molecular weight excluding hydrogens is 450 g/mol. The van der Waals surface area contributed by atoms with Gasteiger partial charge in [0.15, 0.2) is 18.3 Å². The van der Waals surface area contributed by atoms with Crippen LogP contribution in [0.25, 0.3) is 0 Å². The monoisotopic (exact) mass is 477 g/mol. The fraction of sp³-hybridized carbons (Fsp3) is 0.632. The predicted octanol–water partition coefficient (Wildman–Crippen LogP) is -1.43. The number of nitrogens with one attached hydrogen (secondary N) is 1. The molecule has 1 amide bonds. The molecule has 0 radical (unpaired) electrons. The second-order valence-electron chi connectivity index (χ2n) is 6.42. The minimum atomic E-state index is -1.98. The van der Waals surface area contributed by atoms with Gasteiger partial charge >= 0.3 is 35.8 Å². The van der Waals surface area contributed by atoms with E-state index in [4.69, 9.17) is 23.7 Å². The van der Waals surface area contributed by atoms with Gasteiger partial charge < -0.3 is 33.7 Å². The van der Waals surface area contributed by atoms with E-state index >= 15 is 0 Å². The summed E-state index contributed by atoms with van der Waals surface area (Å²) in [4.78, 5) is 82.1. The molecule has 14 nitrogen and oxygen atoms in total. The molecule has 14 heteroatoms. The molecule has 0 saturated heterocycles. The molecule has 0 saturated carbocycles. The van der Waals surface area contributed by atoms with E-state index in [1.54, 1.807) is 0 Å². The van der Waals surface area contributed by atoms with Crippen molar-refractivity contribution in [2.75, 3.05) is 20.3 Å². The predicted molar refractivity (Wildman–Crippen MR) is 104 cm³/mol. The van der Waals surface area contributed by atoms with Crippen LogP contribution in [0, 0.1) is 0 Å². The highest BCUT2D eigenvalue weighted by Crippen LogP contribution is 2.20. The molecule has 0 aliphatic rings. The van der Waals surface area contributed by atoms with E-state index in [1.165, 1.54) is 0 Å². The van der Waals surface area contributed by atoms with E-state index in [-0.39, 0.29) is 0 Å². The van der Waals surface area contributed by atoms with Crippen LogP contribution in [0.3, 0.4) is 0 Å². The van der Waals surface area contributed by atoms with E-state index in [0.717, 1.165) is 41.7 Å². The maximum absolute atomic E-state index is 12.7. The van der Waals surface area contributed by atoms with Crippen molar-refractivity contribution >= 4 is 41.7 Å². The van der Waals surface area contributed by atoms with E-state index in [0.29, 0.717) is 0 Å². The molecule has 0 aromatic heterocycles. The second kappa shape index (κ2) is 14.4. The smallest absolute Gasteiger partial charge is 0.325 e. The largest absolute Gasteiger partial charge is 0.468 e. The Morgan fingerprint density at radius 1 is 0.667 bits per heavy atom. The molecule has 0 heterocycles. The summed E-state index contributed by atoms with van der Waals surface area (Å²) in [6.07, 6.45) is -7.21. The molecule has 0 bridgehead atoms. The van der Waals surface area contributed by atoms with E-state index in [1.807, 2.05) is 0 Å². The second-order valence-corrected chi connectivity index (χ2v) is 6.42. The van der Waals surface area contributed by atoms with Crippen LogP contribution in [0.15, 0.2) is 0 Å². The van der Waals surface area contributed by atoms with Crippen LogP contribution >= 0.6 is 0 Å². The lowest BCUT2D eigenvalue weighted by Gasteiger charge is -2.34. The zero-order chi connectivity index (χ0) is 25.7. The van der Waals surface area contributed by atoms with Gasteiger partial charge in [0.25, 0.3) is 5.91 Å². The number of carbonyl (C=O) groups is 7. The maximum atomic E-state index is 12.7. The van der Waals surface area contributed by atoms with Gasteiger partial charge in [-0.05, 0) is 0 Å². The van der Waals surface area contributed by atoms with Crippen molar-refractivity contribution in [3.05, 3.63) is 0 Å². The topological polar surface area (TPSA) is 187 Å². The van der Waals surface area contributed by atoms with Crippen molar-refractivity contribution < 1.29 is 62.0 Å². The highest BCUT2D eigenvalue weighted by molar-refractivity contribution is 5.87. The molecule has 0 spiro atoms. The highest BCUT2D eigenvalue weighted by atomic mass is 16.6. The lowest BCUT2D eigenvalue weighted by atomic mass is 10.0. The average Bonchev–Trinajstić information content (AvgIpc) is 2.69. The zero-order valence-electron chi connectivity index (χ0n) is 19.0. The lowest BCUT2D eigenvalue weighted by molar-refractivity contribution is -0.203.